The molecule has 82 valence electrons. The standard InChI is InChI=1S/C13H13FN2/c1-10-4-5-12(14)7-13(10)16-9-11-3-2-6-15-8-11/h2-8,16H,9H2,1H3. The highest BCUT2D eigenvalue weighted by Gasteiger charge is 1.99. The molecule has 0 aliphatic rings. The Morgan fingerprint density at radius 3 is 2.94 bits per heavy atom. The molecule has 0 unspecified atom stereocenters. The number of hydrogen-bond donors (Lipinski definition) is 1. The monoisotopic (exact) mass is 216 g/mol. The Labute approximate surface area is 94.2 Å². The summed E-state index contributed by atoms with van der Waals surface area (Å²) in [6, 6.07) is 8.60. The summed E-state index contributed by atoms with van der Waals surface area (Å²) in [6.07, 6.45) is 3.53. The Hall–Kier alpha value is -1.90. The molecule has 3 heteroatoms. The van der Waals surface area contributed by atoms with E-state index in [1.54, 1.807) is 18.5 Å². The summed E-state index contributed by atoms with van der Waals surface area (Å²) >= 11 is 0. The minimum atomic E-state index is -0.223. The quantitative estimate of drug-likeness (QED) is 0.852. The van der Waals surface area contributed by atoms with E-state index in [0.29, 0.717) is 6.54 Å². The van der Waals surface area contributed by atoms with E-state index in [-0.39, 0.29) is 5.82 Å². The molecule has 0 saturated heterocycles. The summed E-state index contributed by atoms with van der Waals surface area (Å²) in [5.74, 6) is -0.223. The maximum Gasteiger partial charge on any atom is 0.125 e. The van der Waals surface area contributed by atoms with E-state index in [4.69, 9.17) is 0 Å². The molecule has 0 radical (unpaired) electrons. The van der Waals surface area contributed by atoms with Gasteiger partial charge in [0.25, 0.3) is 0 Å². The van der Waals surface area contributed by atoms with Crippen molar-refractivity contribution in [2.24, 2.45) is 0 Å². The molecular weight excluding hydrogens is 203 g/mol. The van der Waals surface area contributed by atoms with E-state index in [1.807, 2.05) is 19.1 Å². The highest BCUT2D eigenvalue weighted by molar-refractivity contribution is 5.50. The number of aromatic nitrogens is 1. The molecule has 0 atom stereocenters. The molecule has 2 nitrogen and oxygen atoms in total. The predicted molar refractivity (Wildman–Crippen MR) is 62.7 cm³/mol. The van der Waals surface area contributed by atoms with Gasteiger partial charge in [-0.3, -0.25) is 4.98 Å². The number of nitrogens with one attached hydrogen (secondary N) is 1. The van der Waals surface area contributed by atoms with Crippen LogP contribution in [0.5, 0.6) is 0 Å². The summed E-state index contributed by atoms with van der Waals surface area (Å²) < 4.78 is 13.0. The normalized spacial score (nSPS) is 10.1. The van der Waals surface area contributed by atoms with Crippen molar-refractivity contribution in [1.82, 2.24) is 4.98 Å². The third-order valence-electron chi connectivity index (χ3n) is 2.41. The van der Waals surface area contributed by atoms with E-state index >= 15 is 0 Å². The third-order valence-corrected chi connectivity index (χ3v) is 2.41. The number of halogens is 1. The van der Waals surface area contributed by atoms with Gasteiger partial charge in [-0.15, -0.1) is 0 Å². The molecule has 1 aromatic heterocycles. The van der Waals surface area contributed by atoms with Gasteiger partial charge in [0.05, 0.1) is 0 Å². The number of nitrogens with zero attached hydrogens (tertiary/aromatic N) is 1. The number of aryl methyl sites for hydroxylation is 1. The largest absolute Gasteiger partial charge is 0.381 e. The van der Waals surface area contributed by atoms with Crippen molar-refractivity contribution in [2.45, 2.75) is 13.5 Å². The second kappa shape index (κ2) is 4.75. The second-order valence-corrected chi connectivity index (χ2v) is 3.67. The SMILES string of the molecule is Cc1ccc(F)cc1NCc1cccnc1. The Kier molecular flexibility index (Phi) is 3.15. The van der Waals surface area contributed by atoms with E-state index in [1.165, 1.54) is 12.1 Å². The van der Waals surface area contributed by atoms with Crippen LogP contribution < -0.4 is 5.32 Å². The lowest BCUT2D eigenvalue weighted by Gasteiger charge is -2.09. The smallest absolute Gasteiger partial charge is 0.125 e. The van der Waals surface area contributed by atoms with Crippen LogP contribution in [0.2, 0.25) is 0 Å². The fraction of sp³-hybridized carbons (Fsp3) is 0.154. The van der Waals surface area contributed by atoms with Gasteiger partial charge in [-0.2, -0.15) is 0 Å². The number of benzene rings is 1. The van der Waals surface area contributed by atoms with Crippen molar-refractivity contribution in [3.63, 3.8) is 0 Å². The Morgan fingerprint density at radius 1 is 1.31 bits per heavy atom. The van der Waals surface area contributed by atoms with E-state index in [0.717, 1.165) is 16.8 Å². The van der Waals surface area contributed by atoms with Crippen molar-refractivity contribution in [3.05, 3.63) is 59.7 Å². The lowest BCUT2D eigenvalue weighted by Crippen LogP contribution is -2.01. The Morgan fingerprint density at radius 2 is 2.19 bits per heavy atom. The molecular formula is C13H13FN2. The number of rotatable bonds is 3. The summed E-state index contributed by atoms with van der Waals surface area (Å²) in [7, 11) is 0. The molecule has 0 bridgehead atoms. The molecule has 0 aliphatic heterocycles. The lowest BCUT2D eigenvalue weighted by atomic mass is 10.2. The van der Waals surface area contributed by atoms with Gasteiger partial charge in [-0.25, -0.2) is 4.39 Å². The number of hydrogen-bond acceptors (Lipinski definition) is 2. The van der Waals surface area contributed by atoms with Gasteiger partial charge >= 0.3 is 0 Å². The number of pyridine rings is 1. The number of anilines is 1. The maximum atomic E-state index is 13.0. The lowest BCUT2D eigenvalue weighted by molar-refractivity contribution is 0.628. The van der Waals surface area contributed by atoms with Crippen LogP contribution in [-0.2, 0) is 6.54 Å². The molecule has 16 heavy (non-hydrogen) atoms. The summed E-state index contributed by atoms with van der Waals surface area (Å²) in [5.41, 5.74) is 2.93. The highest BCUT2D eigenvalue weighted by Crippen LogP contribution is 2.16. The van der Waals surface area contributed by atoms with Gasteiger partial charge in [0.15, 0.2) is 0 Å². The molecule has 2 rings (SSSR count). The first kappa shape index (κ1) is 10.6. The van der Waals surface area contributed by atoms with Gasteiger partial charge < -0.3 is 5.32 Å². The minimum absolute atomic E-state index is 0.223. The fourth-order valence-electron chi connectivity index (χ4n) is 1.48. The van der Waals surface area contributed by atoms with Gasteiger partial charge in [-0.1, -0.05) is 12.1 Å². The second-order valence-electron chi connectivity index (χ2n) is 3.67. The Balaban J connectivity index is 2.08. The van der Waals surface area contributed by atoms with Gasteiger partial charge in [0.1, 0.15) is 5.82 Å². The minimum Gasteiger partial charge on any atom is -0.381 e. The molecule has 0 fully saturated rings. The van der Waals surface area contributed by atoms with Gasteiger partial charge in [-0.05, 0) is 36.2 Å². The zero-order valence-corrected chi connectivity index (χ0v) is 9.07. The summed E-state index contributed by atoms with van der Waals surface area (Å²) in [4.78, 5) is 4.02. The molecule has 0 aliphatic carbocycles. The molecule has 0 saturated carbocycles. The average molecular weight is 216 g/mol. The molecule has 1 aromatic carbocycles. The zero-order valence-electron chi connectivity index (χ0n) is 9.07. The average Bonchev–Trinajstić information content (AvgIpc) is 2.32. The van der Waals surface area contributed by atoms with Gasteiger partial charge in [0, 0.05) is 24.6 Å². The van der Waals surface area contributed by atoms with E-state index < -0.39 is 0 Å². The molecule has 1 N–H and O–H groups in total. The van der Waals surface area contributed by atoms with Crippen LogP contribution in [0.1, 0.15) is 11.1 Å². The summed E-state index contributed by atoms with van der Waals surface area (Å²) in [5, 5.41) is 3.19. The van der Waals surface area contributed by atoms with Crippen LogP contribution >= 0.6 is 0 Å². The summed E-state index contributed by atoms with van der Waals surface area (Å²) in [6.45, 7) is 2.60. The van der Waals surface area contributed by atoms with Crippen LogP contribution in [0.25, 0.3) is 0 Å². The first-order valence-electron chi connectivity index (χ1n) is 5.14. The first-order chi connectivity index (χ1) is 7.75. The molecule has 0 amide bonds. The van der Waals surface area contributed by atoms with E-state index in [9.17, 15) is 4.39 Å². The van der Waals surface area contributed by atoms with Crippen molar-refractivity contribution in [2.75, 3.05) is 5.32 Å². The molecule has 1 heterocycles. The van der Waals surface area contributed by atoms with Crippen LogP contribution in [0.3, 0.4) is 0 Å². The van der Waals surface area contributed by atoms with Crippen molar-refractivity contribution in [1.29, 1.82) is 0 Å². The zero-order chi connectivity index (χ0) is 11.4. The first-order valence-corrected chi connectivity index (χ1v) is 5.14. The molecule has 2 aromatic rings. The fourth-order valence-corrected chi connectivity index (χ4v) is 1.48. The van der Waals surface area contributed by atoms with Crippen molar-refractivity contribution < 1.29 is 4.39 Å². The molecule has 0 spiro atoms. The Bertz CT molecular complexity index is 469. The van der Waals surface area contributed by atoms with Crippen LogP contribution in [0, 0.1) is 12.7 Å². The third kappa shape index (κ3) is 2.57. The topological polar surface area (TPSA) is 24.9 Å². The van der Waals surface area contributed by atoms with Crippen molar-refractivity contribution >= 4 is 5.69 Å². The van der Waals surface area contributed by atoms with Crippen LogP contribution in [-0.4, -0.2) is 4.98 Å². The predicted octanol–water partition coefficient (Wildman–Crippen LogP) is 3.14. The highest BCUT2D eigenvalue weighted by atomic mass is 19.1. The van der Waals surface area contributed by atoms with Crippen LogP contribution in [0.4, 0.5) is 10.1 Å². The maximum absolute atomic E-state index is 13.0. The van der Waals surface area contributed by atoms with E-state index in [2.05, 4.69) is 10.3 Å². The van der Waals surface area contributed by atoms with Crippen molar-refractivity contribution in [3.8, 4) is 0 Å². The van der Waals surface area contributed by atoms with Gasteiger partial charge in [0.2, 0.25) is 0 Å². The van der Waals surface area contributed by atoms with Crippen LogP contribution in [0.15, 0.2) is 42.7 Å².